The molecule has 0 fully saturated rings. The predicted octanol–water partition coefficient (Wildman–Crippen LogP) is -0.0801. The Morgan fingerprint density at radius 2 is 2.64 bits per heavy atom. The summed E-state index contributed by atoms with van der Waals surface area (Å²) in [4.78, 5) is 14.5. The van der Waals surface area contributed by atoms with Crippen molar-refractivity contribution in [2.75, 3.05) is 7.11 Å². The summed E-state index contributed by atoms with van der Waals surface area (Å²) in [5.74, 6) is -0.184. The molecule has 2 N–H and O–H groups in total. The third-order valence-electron chi connectivity index (χ3n) is 1.21. The summed E-state index contributed by atoms with van der Waals surface area (Å²) >= 11 is 0. The van der Waals surface area contributed by atoms with Crippen LogP contribution in [0.1, 0.15) is 16.2 Å². The fourth-order valence-electron chi connectivity index (χ4n) is 0.678. The lowest BCUT2D eigenvalue weighted by Crippen LogP contribution is -2.07. The Morgan fingerprint density at radius 1 is 1.91 bits per heavy atom. The van der Waals surface area contributed by atoms with Crippen LogP contribution in [0.4, 0.5) is 0 Å². The number of carbonyl (C=O) groups is 1. The van der Waals surface area contributed by atoms with E-state index in [1.807, 2.05) is 0 Å². The summed E-state index contributed by atoms with van der Waals surface area (Å²) in [5.41, 5.74) is 5.39. The van der Waals surface area contributed by atoms with Gasteiger partial charge in [0.15, 0.2) is 17.8 Å². The number of ether oxygens (including phenoxy) is 1. The first kappa shape index (κ1) is 7.74. The maximum absolute atomic E-state index is 10.9. The van der Waals surface area contributed by atoms with E-state index in [1.165, 1.54) is 7.11 Å². The van der Waals surface area contributed by atoms with E-state index < -0.39 is 5.97 Å². The summed E-state index contributed by atoms with van der Waals surface area (Å²) in [5, 5.41) is 0. The molecule has 0 aliphatic heterocycles. The molecule has 0 radical (unpaired) electrons. The third-order valence-corrected chi connectivity index (χ3v) is 1.21. The Morgan fingerprint density at radius 3 is 3.18 bits per heavy atom. The third kappa shape index (κ3) is 1.38. The molecule has 0 amide bonds. The van der Waals surface area contributed by atoms with Crippen LogP contribution in [0.5, 0.6) is 0 Å². The highest BCUT2D eigenvalue weighted by Crippen LogP contribution is 2.05. The molecular weight excluding hydrogens is 148 g/mol. The zero-order chi connectivity index (χ0) is 8.27. The highest BCUT2D eigenvalue weighted by molar-refractivity contribution is 5.88. The van der Waals surface area contributed by atoms with Crippen LogP contribution >= 0.6 is 0 Å². The van der Waals surface area contributed by atoms with Crippen LogP contribution in [0.3, 0.4) is 0 Å². The minimum atomic E-state index is -0.529. The predicted molar refractivity (Wildman–Crippen MR) is 35.7 cm³/mol. The maximum Gasteiger partial charge on any atom is 0.360 e. The van der Waals surface area contributed by atoms with Crippen molar-refractivity contribution >= 4 is 5.97 Å². The van der Waals surface area contributed by atoms with Crippen molar-refractivity contribution < 1.29 is 13.9 Å². The summed E-state index contributed by atoms with van der Waals surface area (Å²) in [6.07, 6.45) is 1.16. The monoisotopic (exact) mass is 156 g/mol. The second-order valence-corrected chi connectivity index (χ2v) is 1.82. The molecule has 5 heteroatoms. The fraction of sp³-hybridized carbons (Fsp3) is 0.333. The molecule has 5 nitrogen and oxygen atoms in total. The average molecular weight is 156 g/mol. The van der Waals surface area contributed by atoms with Gasteiger partial charge in [0, 0.05) is 0 Å². The molecule has 1 aromatic heterocycles. The highest BCUT2D eigenvalue weighted by Gasteiger charge is 2.14. The van der Waals surface area contributed by atoms with Crippen LogP contribution in [-0.2, 0) is 11.3 Å². The second kappa shape index (κ2) is 3.16. The number of nitrogens with two attached hydrogens (primary N) is 1. The molecule has 0 aliphatic rings. The molecule has 0 spiro atoms. The van der Waals surface area contributed by atoms with Crippen LogP contribution < -0.4 is 5.73 Å². The molecule has 1 rings (SSSR count). The zero-order valence-electron chi connectivity index (χ0n) is 6.03. The number of oxazole rings is 1. The van der Waals surface area contributed by atoms with Gasteiger partial charge in [-0.25, -0.2) is 9.78 Å². The Labute approximate surface area is 63.2 Å². The molecule has 0 bridgehead atoms. The Hall–Kier alpha value is -1.36. The van der Waals surface area contributed by atoms with E-state index in [0.717, 1.165) is 6.39 Å². The minimum absolute atomic E-state index is 0.143. The van der Waals surface area contributed by atoms with Gasteiger partial charge in [-0.2, -0.15) is 0 Å². The Bertz CT molecular complexity index is 256. The summed E-state index contributed by atoms with van der Waals surface area (Å²) < 4.78 is 9.22. The highest BCUT2D eigenvalue weighted by atomic mass is 16.5. The topological polar surface area (TPSA) is 78.3 Å². The molecule has 0 saturated carbocycles. The van der Waals surface area contributed by atoms with Crippen LogP contribution in [0, 0.1) is 0 Å². The molecular formula is C6H8N2O3. The van der Waals surface area contributed by atoms with Crippen molar-refractivity contribution in [1.29, 1.82) is 0 Å². The van der Waals surface area contributed by atoms with Crippen LogP contribution in [-0.4, -0.2) is 18.1 Å². The summed E-state index contributed by atoms with van der Waals surface area (Å²) in [6, 6.07) is 0. The van der Waals surface area contributed by atoms with E-state index in [4.69, 9.17) is 10.2 Å². The first-order chi connectivity index (χ1) is 5.29. The van der Waals surface area contributed by atoms with Crippen LogP contribution in [0.2, 0.25) is 0 Å². The standard InChI is InChI=1S/C6H8N2O3/c1-10-6(9)5-4(2-7)11-3-8-5/h3H,2,7H2,1H3. The van der Waals surface area contributed by atoms with Gasteiger partial charge in [-0.1, -0.05) is 0 Å². The molecule has 60 valence electrons. The first-order valence-electron chi connectivity index (χ1n) is 3.00. The SMILES string of the molecule is COC(=O)c1ncoc1CN. The Balaban J connectivity index is 2.92. The number of hydrogen-bond donors (Lipinski definition) is 1. The number of nitrogens with zero attached hydrogens (tertiary/aromatic N) is 1. The number of hydrogen-bond acceptors (Lipinski definition) is 5. The van der Waals surface area contributed by atoms with E-state index in [0.29, 0.717) is 5.76 Å². The van der Waals surface area contributed by atoms with Gasteiger partial charge in [0.25, 0.3) is 0 Å². The molecule has 0 saturated heterocycles. The van der Waals surface area contributed by atoms with Gasteiger partial charge in [0.1, 0.15) is 0 Å². The van der Waals surface area contributed by atoms with Crippen molar-refractivity contribution in [3.8, 4) is 0 Å². The van der Waals surface area contributed by atoms with Crippen molar-refractivity contribution in [3.63, 3.8) is 0 Å². The van der Waals surface area contributed by atoms with E-state index in [9.17, 15) is 4.79 Å². The van der Waals surface area contributed by atoms with Gasteiger partial charge in [0.05, 0.1) is 13.7 Å². The van der Waals surface area contributed by atoms with E-state index in [1.54, 1.807) is 0 Å². The number of esters is 1. The maximum atomic E-state index is 10.9. The lowest BCUT2D eigenvalue weighted by Gasteiger charge is -1.94. The number of carbonyl (C=O) groups excluding carboxylic acids is 1. The minimum Gasteiger partial charge on any atom is -0.464 e. The van der Waals surface area contributed by atoms with Gasteiger partial charge in [-0.15, -0.1) is 0 Å². The largest absolute Gasteiger partial charge is 0.464 e. The fourth-order valence-corrected chi connectivity index (χ4v) is 0.678. The van der Waals surface area contributed by atoms with Gasteiger partial charge in [-0.3, -0.25) is 0 Å². The van der Waals surface area contributed by atoms with E-state index in [-0.39, 0.29) is 12.2 Å². The molecule has 1 heterocycles. The Kier molecular flexibility index (Phi) is 2.22. The number of aromatic nitrogens is 1. The van der Waals surface area contributed by atoms with E-state index in [2.05, 4.69) is 9.72 Å². The van der Waals surface area contributed by atoms with Gasteiger partial charge in [0.2, 0.25) is 0 Å². The van der Waals surface area contributed by atoms with Gasteiger partial charge >= 0.3 is 5.97 Å². The molecule has 0 aromatic carbocycles. The van der Waals surface area contributed by atoms with Crippen molar-refractivity contribution in [2.45, 2.75) is 6.54 Å². The normalized spacial score (nSPS) is 9.64. The smallest absolute Gasteiger partial charge is 0.360 e. The quantitative estimate of drug-likeness (QED) is 0.606. The van der Waals surface area contributed by atoms with Crippen LogP contribution in [0.25, 0.3) is 0 Å². The summed E-state index contributed by atoms with van der Waals surface area (Å²) in [6.45, 7) is 0.143. The van der Waals surface area contributed by atoms with Crippen molar-refractivity contribution in [1.82, 2.24) is 4.98 Å². The van der Waals surface area contributed by atoms with Gasteiger partial charge < -0.3 is 14.9 Å². The lowest BCUT2D eigenvalue weighted by molar-refractivity contribution is 0.0592. The molecule has 0 atom stereocenters. The molecule has 1 aromatic rings. The first-order valence-corrected chi connectivity index (χ1v) is 3.00. The molecule has 0 aliphatic carbocycles. The van der Waals surface area contributed by atoms with Gasteiger partial charge in [-0.05, 0) is 0 Å². The van der Waals surface area contributed by atoms with E-state index >= 15 is 0 Å². The summed E-state index contributed by atoms with van der Waals surface area (Å²) in [7, 11) is 1.28. The van der Waals surface area contributed by atoms with Crippen LogP contribution in [0.15, 0.2) is 10.8 Å². The molecule has 11 heavy (non-hydrogen) atoms. The number of rotatable bonds is 2. The zero-order valence-corrected chi connectivity index (χ0v) is 6.03. The average Bonchev–Trinajstić information content (AvgIpc) is 2.50. The van der Waals surface area contributed by atoms with Crippen molar-refractivity contribution in [3.05, 3.63) is 17.8 Å². The van der Waals surface area contributed by atoms with Crippen molar-refractivity contribution in [2.24, 2.45) is 5.73 Å². The molecule has 0 unspecified atom stereocenters. The number of methoxy groups -OCH3 is 1. The second-order valence-electron chi connectivity index (χ2n) is 1.82. The lowest BCUT2D eigenvalue weighted by atomic mass is 10.3.